The molecule has 1 fully saturated rings. The van der Waals surface area contributed by atoms with E-state index in [2.05, 4.69) is 23.9 Å². The van der Waals surface area contributed by atoms with Crippen molar-refractivity contribution in [2.45, 2.75) is 36.2 Å². The molecule has 0 aromatic carbocycles. The van der Waals surface area contributed by atoms with E-state index < -0.39 is 0 Å². The smallest absolute Gasteiger partial charge is 0.0172 e. The molecular formula is C8H12S. The summed E-state index contributed by atoms with van der Waals surface area (Å²) in [6.45, 7) is 0. The molecule has 0 spiro atoms. The van der Waals surface area contributed by atoms with Crippen LogP contribution in [0.15, 0.2) is 12.2 Å². The van der Waals surface area contributed by atoms with E-state index in [-0.39, 0.29) is 0 Å². The maximum absolute atomic E-state index is 2.34. The summed E-state index contributed by atoms with van der Waals surface area (Å²) in [7, 11) is 0. The third-order valence-corrected chi connectivity index (χ3v) is 3.60. The molecule has 0 nitrogen and oxygen atoms in total. The van der Waals surface area contributed by atoms with Crippen molar-refractivity contribution in [3.63, 3.8) is 0 Å². The van der Waals surface area contributed by atoms with Crippen LogP contribution in [0.3, 0.4) is 0 Å². The largest absolute Gasteiger partial charge is 0.153 e. The van der Waals surface area contributed by atoms with E-state index in [0.29, 0.717) is 0 Å². The average molecular weight is 140 g/mol. The third kappa shape index (κ3) is 1.32. The molecule has 2 rings (SSSR count). The van der Waals surface area contributed by atoms with Crippen molar-refractivity contribution in [1.82, 2.24) is 0 Å². The van der Waals surface area contributed by atoms with E-state index in [4.69, 9.17) is 0 Å². The van der Waals surface area contributed by atoms with Crippen LogP contribution < -0.4 is 0 Å². The van der Waals surface area contributed by atoms with Crippen molar-refractivity contribution in [2.24, 2.45) is 0 Å². The molecule has 0 bridgehead atoms. The molecule has 0 amide bonds. The van der Waals surface area contributed by atoms with Crippen LogP contribution in [0.2, 0.25) is 0 Å². The monoisotopic (exact) mass is 140 g/mol. The van der Waals surface area contributed by atoms with E-state index >= 15 is 0 Å². The lowest BCUT2D eigenvalue weighted by Gasteiger charge is -1.97. The first-order valence-corrected chi connectivity index (χ1v) is 4.71. The Morgan fingerprint density at radius 2 is 1.56 bits per heavy atom. The summed E-state index contributed by atoms with van der Waals surface area (Å²) in [4.78, 5) is 0. The van der Waals surface area contributed by atoms with Gasteiger partial charge in [-0.2, -0.15) is 11.8 Å². The van der Waals surface area contributed by atoms with Crippen molar-refractivity contribution in [3.05, 3.63) is 12.2 Å². The van der Waals surface area contributed by atoms with Gasteiger partial charge in [0, 0.05) is 10.5 Å². The molecule has 0 aromatic rings. The molecule has 2 atom stereocenters. The molecule has 9 heavy (non-hydrogen) atoms. The zero-order chi connectivity index (χ0) is 6.10. The quantitative estimate of drug-likeness (QED) is 0.368. The van der Waals surface area contributed by atoms with Crippen LogP contribution in [0.4, 0.5) is 0 Å². The fraction of sp³-hybridized carbons (Fsp3) is 0.750. The van der Waals surface area contributed by atoms with E-state index in [1.807, 2.05) is 0 Å². The van der Waals surface area contributed by atoms with Gasteiger partial charge in [0.25, 0.3) is 0 Å². The normalized spacial score (nSPS) is 40.9. The van der Waals surface area contributed by atoms with Gasteiger partial charge in [0.05, 0.1) is 0 Å². The lowest BCUT2D eigenvalue weighted by molar-refractivity contribution is 0.731. The van der Waals surface area contributed by atoms with Crippen molar-refractivity contribution in [2.75, 3.05) is 0 Å². The first-order chi connectivity index (χ1) is 4.47. The second-order valence-electron chi connectivity index (χ2n) is 2.84. The van der Waals surface area contributed by atoms with Gasteiger partial charge in [-0.3, -0.25) is 0 Å². The predicted molar refractivity (Wildman–Crippen MR) is 42.8 cm³/mol. The summed E-state index contributed by atoms with van der Waals surface area (Å²) in [6.07, 6.45) is 10.2. The number of allylic oxidation sites excluding steroid dienone is 2. The Hall–Kier alpha value is 0.0900. The van der Waals surface area contributed by atoms with Gasteiger partial charge >= 0.3 is 0 Å². The van der Waals surface area contributed by atoms with Gasteiger partial charge in [-0.05, 0) is 25.7 Å². The summed E-state index contributed by atoms with van der Waals surface area (Å²) in [6, 6.07) is 0. The molecule has 1 aliphatic carbocycles. The molecule has 0 aromatic heterocycles. The minimum absolute atomic E-state index is 1.05. The Morgan fingerprint density at radius 3 is 2.11 bits per heavy atom. The van der Waals surface area contributed by atoms with Crippen molar-refractivity contribution in [1.29, 1.82) is 0 Å². The van der Waals surface area contributed by atoms with E-state index in [1.54, 1.807) is 0 Å². The highest BCUT2D eigenvalue weighted by atomic mass is 32.2. The van der Waals surface area contributed by atoms with Crippen LogP contribution in [0, 0.1) is 0 Å². The molecule has 50 valence electrons. The molecular weight excluding hydrogens is 128 g/mol. The van der Waals surface area contributed by atoms with Gasteiger partial charge in [-0.1, -0.05) is 12.2 Å². The lowest BCUT2D eigenvalue weighted by atomic mass is 10.1. The second kappa shape index (κ2) is 2.37. The first-order valence-electron chi connectivity index (χ1n) is 3.77. The van der Waals surface area contributed by atoms with Crippen molar-refractivity contribution < 1.29 is 0 Å². The van der Waals surface area contributed by atoms with Crippen LogP contribution in [-0.2, 0) is 0 Å². The summed E-state index contributed by atoms with van der Waals surface area (Å²) < 4.78 is 0. The second-order valence-corrected chi connectivity index (χ2v) is 4.32. The van der Waals surface area contributed by atoms with Gasteiger partial charge in [-0.25, -0.2) is 0 Å². The van der Waals surface area contributed by atoms with E-state index in [0.717, 1.165) is 10.5 Å². The lowest BCUT2D eigenvalue weighted by Crippen LogP contribution is -1.94. The highest BCUT2D eigenvalue weighted by molar-refractivity contribution is 8.07. The minimum Gasteiger partial charge on any atom is -0.153 e. The van der Waals surface area contributed by atoms with Gasteiger partial charge < -0.3 is 0 Å². The van der Waals surface area contributed by atoms with Crippen LogP contribution in [0.25, 0.3) is 0 Å². The summed E-state index contributed by atoms with van der Waals surface area (Å²) in [5.41, 5.74) is 0. The van der Waals surface area contributed by atoms with E-state index in [9.17, 15) is 0 Å². The minimum atomic E-state index is 1.05. The summed E-state index contributed by atoms with van der Waals surface area (Å²) in [5.74, 6) is 0. The highest BCUT2D eigenvalue weighted by Gasteiger charge is 2.36. The Balaban J connectivity index is 1.91. The highest BCUT2D eigenvalue weighted by Crippen LogP contribution is 2.47. The number of rotatable bonds is 0. The number of thioether (sulfide) groups is 1. The zero-order valence-corrected chi connectivity index (χ0v) is 6.36. The molecule has 1 heteroatoms. The standard InChI is InChI=1S/C8H12S/c1-2-4-6-8-7(9-8)5-3-1/h1-2,7-8H,3-6H2/t7-,8+. The summed E-state index contributed by atoms with van der Waals surface area (Å²) in [5, 5.41) is 2.10. The molecule has 2 aliphatic rings. The van der Waals surface area contributed by atoms with Crippen LogP contribution >= 0.6 is 11.8 Å². The Kier molecular flexibility index (Phi) is 1.54. The van der Waals surface area contributed by atoms with Gasteiger partial charge in [0.15, 0.2) is 0 Å². The van der Waals surface area contributed by atoms with Gasteiger partial charge in [0.1, 0.15) is 0 Å². The van der Waals surface area contributed by atoms with Gasteiger partial charge in [-0.15, -0.1) is 0 Å². The molecule has 0 N–H and O–H groups in total. The fourth-order valence-corrected chi connectivity index (χ4v) is 2.62. The Labute approximate surface area is 60.7 Å². The average Bonchev–Trinajstić information content (AvgIpc) is 2.46. The molecule has 0 radical (unpaired) electrons. The number of hydrogen-bond donors (Lipinski definition) is 0. The van der Waals surface area contributed by atoms with E-state index in [1.165, 1.54) is 25.7 Å². The molecule has 1 heterocycles. The number of fused-ring (bicyclic) bond motifs is 1. The summed E-state index contributed by atoms with van der Waals surface area (Å²) >= 11 is 2.19. The topological polar surface area (TPSA) is 0 Å². The van der Waals surface area contributed by atoms with Crippen LogP contribution in [0.5, 0.6) is 0 Å². The Bertz CT molecular complexity index is 115. The van der Waals surface area contributed by atoms with Gasteiger partial charge in [0.2, 0.25) is 0 Å². The first kappa shape index (κ1) is 5.84. The van der Waals surface area contributed by atoms with Crippen LogP contribution in [0.1, 0.15) is 25.7 Å². The van der Waals surface area contributed by atoms with Crippen molar-refractivity contribution in [3.8, 4) is 0 Å². The van der Waals surface area contributed by atoms with Crippen LogP contribution in [-0.4, -0.2) is 10.5 Å². The SMILES string of the molecule is C1=CCC[C@H]2S[C@H]2CC1. The molecule has 0 unspecified atom stereocenters. The fourth-order valence-electron chi connectivity index (χ4n) is 1.44. The third-order valence-electron chi connectivity index (χ3n) is 2.09. The number of hydrogen-bond acceptors (Lipinski definition) is 1. The molecule has 1 saturated heterocycles. The predicted octanol–water partition coefficient (Wildman–Crippen LogP) is 2.60. The maximum atomic E-state index is 2.34. The molecule has 1 aliphatic heterocycles. The Morgan fingerprint density at radius 1 is 1.00 bits per heavy atom. The maximum Gasteiger partial charge on any atom is 0.0172 e. The zero-order valence-electron chi connectivity index (χ0n) is 5.55. The molecule has 0 saturated carbocycles. The van der Waals surface area contributed by atoms with Crippen molar-refractivity contribution >= 4 is 11.8 Å².